The van der Waals surface area contributed by atoms with E-state index in [1.54, 1.807) is 24.3 Å². The van der Waals surface area contributed by atoms with Crippen LogP contribution in [0.1, 0.15) is 24.8 Å². The Bertz CT molecular complexity index is 604. The van der Waals surface area contributed by atoms with Crippen LogP contribution in [0.25, 0.3) is 0 Å². The summed E-state index contributed by atoms with van der Waals surface area (Å²) in [6.45, 7) is -0.0485. The lowest BCUT2D eigenvalue weighted by Gasteiger charge is -2.14. The van der Waals surface area contributed by atoms with Crippen LogP contribution in [0.2, 0.25) is 0 Å². The topological polar surface area (TPSA) is 142 Å². The van der Waals surface area contributed by atoms with E-state index in [-0.39, 0.29) is 32.4 Å². The Labute approximate surface area is 144 Å². The Kier molecular flexibility index (Phi) is 8.48. The quantitative estimate of drug-likeness (QED) is 0.486. The molecule has 0 bridgehead atoms. The molecule has 1 aromatic carbocycles. The highest BCUT2D eigenvalue weighted by Crippen LogP contribution is 2.03. The molecule has 0 aromatic heterocycles. The monoisotopic (exact) mass is 352 g/mol. The van der Waals surface area contributed by atoms with Crippen LogP contribution in [-0.4, -0.2) is 46.7 Å². The third-order valence-electron chi connectivity index (χ3n) is 3.12. The third kappa shape index (κ3) is 8.94. The molecule has 9 nitrogen and oxygen atoms in total. The number of nitrogens with one attached hydrogen (secondary N) is 2. The van der Waals surface area contributed by atoms with Crippen molar-refractivity contribution in [2.24, 2.45) is 0 Å². The van der Waals surface area contributed by atoms with Gasteiger partial charge in [0.25, 0.3) is 0 Å². The SMILES string of the molecule is O=C(O)CCNC(=O)CC[C@H](NC(=O)OCc1ccccc1)C(=O)O. The maximum Gasteiger partial charge on any atom is 0.408 e. The van der Waals surface area contributed by atoms with Gasteiger partial charge in [0.15, 0.2) is 0 Å². The van der Waals surface area contributed by atoms with E-state index in [0.29, 0.717) is 0 Å². The smallest absolute Gasteiger partial charge is 0.408 e. The van der Waals surface area contributed by atoms with Gasteiger partial charge in [-0.25, -0.2) is 9.59 Å². The summed E-state index contributed by atoms with van der Waals surface area (Å²) in [5.74, 6) is -2.84. The normalized spacial score (nSPS) is 11.2. The lowest BCUT2D eigenvalue weighted by atomic mass is 10.1. The van der Waals surface area contributed by atoms with Gasteiger partial charge in [-0.1, -0.05) is 30.3 Å². The molecule has 1 rings (SSSR count). The minimum Gasteiger partial charge on any atom is -0.481 e. The standard InChI is InChI=1S/C16H20N2O7/c19-13(17-9-8-14(20)21)7-6-12(15(22)23)18-16(24)25-10-11-4-2-1-3-5-11/h1-5,12H,6-10H2,(H,17,19)(H,18,24)(H,20,21)(H,22,23)/t12-/m0/s1. The molecule has 0 aliphatic carbocycles. The Hall–Kier alpha value is -3.10. The van der Waals surface area contributed by atoms with Crippen LogP contribution in [0.4, 0.5) is 4.79 Å². The van der Waals surface area contributed by atoms with Gasteiger partial charge >= 0.3 is 18.0 Å². The van der Waals surface area contributed by atoms with Crippen LogP contribution in [-0.2, 0) is 25.7 Å². The number of carbonyl (C=O) groups excluding carboxylic acids is 2. The number of carbonyl (C=O) groups is 4. The number of alkyl carbamates (subject to hydrolysis) is 1. The lowest BCUT2D eigenvalue weighted by Crippen LogP contribution is -2.42. The molecule has 1 aromatic rings. The fourth-order valence-electron chi connectivity index (χ4n) is 1.84. The van der Waals surface area contributed by atoms with Crippen LogP contribution in [0.5, 0.6) is 0 Å². The van der Waals surface area contributed by atoms with Gasteiger partial charge in [0.05, 0.1) is 6.42 Å². The van der Waals surface area contributed by atoms with Gasteiger partial charge in [-0.3, -0.25) is 9.59 Å². The first-order valence-corrected chi connectivity index (χ1v) is 7.57. The molecule has 4 N–H and O–H groups in total. The molecule has 0 saturated carbocycles. The Balaban J connectivity index is 2.35. The van der Waals surface area contributed by atoms with Crippen molar-refractivity contribution in [3.63, 3.8) is 0 Å². The number of amides is 2. The average molecular weight is 352 g/mol. The van der Waals surface area contributed by atoms with E-state index in [9.17, 15) is 19.2 Å². The predicted molar refractivity (Wildman–Crippen MR) is 85.7 cm³/mol. The second-order valence-electron chi connectivity index (χ2n) is 5.13. The van der Waals surface area contributed by atoms with Crippen LogP contribution >= 0.6 is 0 Å². The van der Waals surface area contributed by atoms with E-state index in [1.807, 2.05) is 6.07 Å². The Morgan fingerprint density at radius 2 is 1.72 bits per heavy atom. The molecule has 25 heavy (non-hydrogen) atoms. The maximum atomic E-state index is 11.7. The number of rotatable bonds is 10. The van der Waals surface area contributed by atoms with Crippen molar-refractivity contribution in [3.8, 4) is 0 Å². The van der Waals surface area contributed by atoms with Crippen molar-refractivity contribution in [1.29, 1.82) is 0 Å². The van der Waals surface area contributed by atoms with Gasteiger partial charge in [0.2, 0.25) is 5.91 Å². The van der Waals surface area contributed by atoms with E-state index in [2.05, 4.69) is 10.6 Å². The summed E-state index contributed by atoms with van der Waals surface area (Å²) in [5.41, 5.74) is 0.752. The highest BCUT2D eigenvalue weighted by Gasteiger charge is 2.21. The second kappa shape index (κ2) is 10.6. The maximum absolute atomic E-state index is 11.7. The average Bonchev–Trinajstić information content (AvgIpc) is 2.57. The number of hydrogen-bond donors (Lipinski definition) is 4. The van der Waals surface area contributed by atoms with E-state index in [4.69, 9.17) is 14.9 Å². The molecule has 0 radical (unpaired) electrons. The van der Waals surface area contributed by atoms with Crippen molar-refractivity contribution in [2.45, 2.75) is 31.9 Å². The van der Waals surface area contributed by atoms with E-state index in [0.717, 1.165) is 5.56 Å². The van der Waals surface area contributed by atoms with Crippen molar-refractivity contribution in [3.05, 3.63) is 35.9 Å². The van der Waals surface area contributed by atoms with E-state index < -0.39 is 30.0 Å². The number of aliphatic carboxylic acids is 2. The van der Waals surface area contributed by atoms with Gasteiger partial charge in [-0.2, -0.15) is 0 Å². The molecule has 9 heteroatoms. The molecular weight excluding hydrogens is 332 g/mol. The van der Waals surface area contributed by atoms with Crippen molar-refractivity contribution in [2.75, 3.05) is 6.54 Å². The van der Waals surface area contributed by atoms with E-state index in [1.165, 1.54) is 0 Å². The van der Waals surface area contributed by atoms with Gasteiger partial charge in [-0.05, 0) is 12.0 Å². The molecule has 0 heterocycles. The van der Waals surface area contributed by atoms with Crippen LogP contribution in [0.15, 0.2) is 30.3 Å². The van der Waals surface area contributed by atoms with Crippen LogP contribution in [0, 0.1) is 0 Å². The number of ether oxygens (including phenoxy) is 1. The minimum absolute atomic E-state index is 0.00527. The van der Waals surface area contributed by atoms with Gasteiger partial charge in [0.1, 0.15) is 12.6 Å². The summed E-state index contributed by atoms with van der Waals surface area (Å²) in [6.07, 6.45) is -1.44. The molecule has 1 atom stereocenters. The molecule has 0 saturated heterocycles. The lowest BCUT2D eigenvalue weighted by molar-refractivity contribution is -0.139. The summed E-state index contributed by atoms with van der Waals surface area (Å²) >= 11 is 0. The first-order chi connectivity index (χ1) is 11.9. The summed E-state index contributed by atoms with van der Waals surface area (Å²) < 4.78 is 4.93. The van der Waals surface area contributed by atoms with E-state index >= 15 is 0 Å². The van der Waals surface area contributed by atoms with Crippen molar-refractivity contribution in [1.82, 2.24) is 10.6 Å². The van der Waals surface area contributed by atoms with Crippen LogP contribution in [0.3, 0.4) is 0 Å². The highest BCUT2D eigenvalue weighted by atomic mass is 16.5. The minimum atomic E-state index is -1.30. The number of benzene rings is 1. The fourth-order valence-corrected chi connectivity index (χ4v) is 1.84. The summed E-state index contributed by atoms with van der Waals surface area (Å²) in [6, 6.07) is 7.59. The highest BCUT2D eigenvalue weighted by molar-refractivity contribution is 5.81. The Morgan fingerprint density at radius 1 is 1.04 bits per heavy atom. The molecular formula is C16H20N2O7. The molecule has 0 aliphatic heterocycles. The van der Waals surface area contributed by atoms with Gasteiger partial charge in [0, 0.05) is 13.0 Å². The number of carboxylic acids is 2. The first kappa shape index (κ1) is 19.9. The molecule has 2 amide bonds. The zero-order chi connectivity index (χ0) is 18.7. The molecule has 136 valence electrons. The summed E-state index contributed by atoms with van der Waals surface area (Å²) in [5, 5.41) is 22.1. The predicted octanol–water partition coefficient (Wildman–Crippen LogP) is 0.737. The van der Waals surface area contributed by atoms with Crippen molar-refractivity contribution >= 4 is 23.9 Å². The summed E-state index contributed by atoms with van der Waals surface area (Å²) in [7, 11) is 0. The Morgan fingerprint density at radius 3 is 2.32 bits per heavy atom. The number of hydrogen-bond acceptors (Lipinski definition) is 5. The zero-order valence-electron chi connectivity index (χ0n) is 13.4. The largest absolute Gasteiger partial charge is 0.481 e. The van der Waals surface area contributed by atoms with Gasteiger partial charge in [-0.15, -0.1) is 0 Å². The molecule has 0 unspecified atom stereocenters. The van der Waals surface area contributed by atoms with Crippen LogP contribution < -0.4 is 10.6 Å². The molecule has 0 fully saturated rings. The van der Waals surface area contributed by atoms with Gasteiger partial charge < -0.3 is 25.6 Å². The molecule has 0 aliphatic rings. The summed E-state index contributed by atoms with van der Waals surface area (Å²) in [4.78, 5) is 44.6. The number of carboxylic acid groups (broad SMARTS) is 2. The second-order valence-corrected chi connectivity index (χ2v) is 5.13. The third-order valence-corrected chi connectivity index (χ3v) is 3.12. The first-order valence-electron chi connectivity index (χ1n) is 7.57. The molecule has 0 spiro atoms. The fraction of sp³-hybridized carbons (Fsp3) is 0.375. The zero-order valence-corrected chi connectivity index (χ0v) is 13.4. The van der Waals surface area contributed by atoms with Crippen molar-refractivity contribution < 1.29 is 34.1 Å².